The zero-order valence-corrected chi connectivity index (χ0v) is 10.8. The molecule has 0 unspecified atom stereocenters. The van der Waals surface area contributed by atoms with Crippen LogP contribution < -0.4 is 10.5 Å². The van der Waals surface area contributed by atoms with Crippen LogP contribution in [0.5, 0.6) is 11.8 Å². The van der Waals surface area contributed by atoms with Crippen LogP contribution in [-0.4, -0.2) is 9.97 Å². The number of rotatable bonds is 2. The number of nitrogens with two attached hydrogens (primary N) is 1. The normalized spacial score (nSPS) is 10.1. The lowest BCUT2D eigenvalue weighted by atomic mass is 10.2. The molecule has 2 N–H and O–H groups in total. The van der Waals surface area contributed by atoms with Crippen molar-refractivity contribution in [2.75, 3.05) is 5.73 Å². The van der Waals surface area contributed by atoms with Crippen molar-refractivity contribution in [2.24, 2.45) is 0 Å². The molecule has 0 saturated heterocycles. The molecule has 2 rings (SSSR count). The summed E-state index contributed by atoms with van der Waals surface area (Å²) in [5.74, 6) is 0.688. The van der Waals surface area contributed by atoms with E-state index in [1.165, 1.54) is 0 Å². The molecular weight excluding hydrogens is 317 g/mol. The Morgan fingerprint density at radius 2 is 1.94 bits per heavy atom. The van der Waals surface area contributed by atoms with Crippen LogP contribution in [0.15, 0.2) is 30.6 Å². The highest BCUT2D eigenvalue weighted by Crippen LogP contribution is 2.22. The predicted molar refractivity (Wildman–Crippen MR) is 70.4 cm³/mol. The maximum atomic E-state index is 5.71. The zero-order chi connectivity index (χ0) is 11.5. The van der Waals surface area contributed by atoms with Crippen LogP contribution in [0.4, 0.5) is 5.69 Å². The van der Waals surface area contributed by atoms with Crippen molar-refractivity contribution in [2.45, 2.75) is 6.92 Å². The molecule has 0 aliphatic heterocycles. The zero-order valence-electron chi connectivity index (χ0n) is 8.64. The molecule has 1 aromatic heterocycles. The summed E-state index contributed by atoms with van der Waals surface area (Å²) in [5.41, 5.74) is 7.44. The number of aromatic nitrogens is 2. The third kappa shape index (κ3) is 2.60. The molecule has 16 heavy (non-hydrogen) atoms. The summed E-state index contributed by atoms with van der Waals surface area (Å²) in [7, 11) is 0. The van der Waals surface area contributed by atoms with Gasteiger partial charge in [0.1, 0.15) is 5.75 Å². The van der Waals surface area contributed by atoms with Gasteiger partial charge in [0.25, 0.3) is 0 Å². The number of nitrogens with zero attached hydrogens (tertiary/aromatic N) is 2. The van der Waals surface area contributed by atoms with Crippen LogP contribution in [0, 0.1) is 10.5 Å². The first kappa shape index (κ1) is 11.1. The summed E-state index contributed by atoms with van der Waals surface area (Å²) in [6.07, 6.45) is 3.40. The molecule has 0 saturated carbocycles. The van der Waals surface area contributed by atoms with Crippen LogP contribution in [-0.2, 0) is 0 Å². The molecular formula is C11H10IN3O. The van der Waals surface area contributed by atoms with Gasteiger partial charge in [-0.2, -0.15) is 0 Å². The van der Waals surface area contributed by atoms with Crippen LogP contribution >= 0.6 is 22.6 Å². The molecule has 0 aliphatic rings. The highest BCUT2D eigenvalue weighted by molar-refractivity contribution is 14.1. The smallest absolute Gasteiger partial charge is 0.321 e. The Kier molecular flexibility index (Phi) is 3.23. The van der Waals surface area contributed by atoms with E-state index in [0.717, 1.165) is 14.8 Å². The molecule has 0 aliphatic carbocycles. The van der Waals surface area contributed by atoms with E-state index in [1.54, 1.807) is 24.5 Å². The van der Waals surface area contributed by atoms with Gasteiger partial charge in [0.2, 0.25) is 0 Å². The van der Waals surface area contributed by atoms with Gasteiger partial charge < -0.3 is 10.5 Å². The predicted octanol–water partition coefficient (Wildman–Crippen LogP) is 2.76. The van der Waals surface area contributed by atoms with Crippen molar-refractivity contribution < 1.29 is 4.74 Å². The molecule has 0 amide bonds. The van der Waals surface area contributed by atoms with Crippen LogP contribution in [0.25, 0.3) is 0 Å². The van der Waals surface area contributed by atoms with E-state index in [2.05, 4.69) is 32.6 Å². The van der Waals surface area contributed by atoms with E-state index in [4.69, 9.17) is 10.5 Å². The molecule has 1 heterocycles. The number of hydrogen-bond donors (Lipinski definition) is 1. The van der Waals surface area contributed by atoms with Crippen LogP contribution in [0.2, 0.25) is 0 Å². The molecule has 82 valence electrons. The van der Waals surface area contributed by atoms with Gasteiger partial charge in [-0.15, -0.1) is 0 Å². The van der Waals surface area contributed by atoms with E-state index >= 15 is 0 Å². The number of anilines is 1. The number of hydrogen-bond acceptors (Lipinski definition) is 4. The average Bonchev–Trinajstić information content (AvgIpc) is 2.27. The first-order chi connectivity index (χ1) is 7.65. The minimum absolute atomic E-state index is 0.338. The standard InChI is InChI=1S/C11H10IN3O/c1-7-4-9(2-3-10(7)13)16-11-14-5-8(12)6-15-11/h2-6H,13H2,1H3. The lowest BCUT2D eigenvalue weighted by molar-refractivity contribution is 0.441. The lowest BCUT2D eigenvalue weighted by Crippen LogP contribution is -1.94. The van der Waals surface area contributed by atoms with Crippen molar-refractivity contribution in [3.05, 3.63) is 39.7 Å². The molecule has 1 aromatic carbocycles. The highest BCUT2D eigenvalue weighted by atomic mass is 127. The molecule has 2 aromatic rings. The number of aryl methyl sites for hydroxylation is 1. The molecule has 4 nitrogen and oxygen atoms in total. The Morgan fingerprint density at radius 3 is 2.56 bits per heavy atom. The molecule has 0 atom stereocenters. The van der Waals surface area contributed by atoms with Crippen LogP contribution in [0.1, 0.15) is 5.56 Å². The summed E-state index contributed by atoms with van der Waals surface area (Å²) < 4.78 is 6.46. The SMILES string of the molecule is Cc1cc(Oc2ncc(I)cn2)ccc1N. The Hall–Kier alpha value is -1.37. The fraction of sp³-hybridized carbons (Fsp3) is 0.0909. The van der Waals surface area contributed by atoms with Gasteiger partial charge in [0, 0.05) is 21.7 Å². The van der Waals surface area contributed by atoms with Crippen molar-refractivity contribution in [1.82, 2.24) is 9.97 Å². The lowest BCUT2D eigenvalue weighted by Gasteiger charge is -2.05. The fourth-order valence-electron chi connectivity index (χ4n) is 1.17. The summed E-state index contributed by atoms with van der Waals surface area (Å²) >= 11 is 2.14. The molecule has 0 spiro atoms. The monoisotopic (exact) mass is 327 g/mol. The first-order valence-corrected chi connectivity index (χ1v) is 5.74. The van der Waals surface area contributed by atoms with Gasteiger partial charge in [0.15, 0.2) is 0 Å². The third-order valence-electron chi connectivity index (χ3n) is 2.05. The molecule has 0 radical (unpaired) electrons. The quantitative estimate of drug-likeness (QED) is 0.681. The topological polar surface area (TPSA) is 61.0 Å². The van der Waals surface area contributed by atoms with Crippen LogP contribution in [0.3, 0.4) is 0 Å². The van der Waals surface area contributed by atoms with Crippen molar-refractivity contribution in [3.8, 4) is 11.8 Å². The highest BCUT2D eigenvalue weighted by Gasteiger charge is 2.01. The first-order valence-electron chi connectivity index (χ1n) is 4.66. The van der Waals surface area contributed by atoms with Gasteiger partial charge in [-0.3, -0.25) is 0 Å². The van der Waals surface area contributed by atoms with Gasteiger partial charge in [-0.25, -0.2) is 9.97 Å². The fourth-order valence-corrected chi connectivity index (χ4v) is 1.45. The van der Waals surface area contributed by atoms with Gasteiger partial charge in [-0.05, 0) is 53.3 Å². The van der Waals surface area contributed by atoms with E-state index in [9.17, 15) is 0 Å². The maximum Gasteiger partial charge on any atom is 0.321 e. The van der Waals surface area contributed by atoms with Crippen molar-refractivity contribution in [3.63, 3.8) is 0 Å². The van der Waals surface area contributed by atoms with E-state index in [1.807, 2.05) is 13.0 Å². The van der Waals surface area contributed by atoms with Gasteiger partial charge >= 0.3 is 6.01 Å². The summed E-state index contributed by atoms with van der Waals surface area (Å²) in [4.78, 5) is 8.11. The van der Waals surface area contributed by atoms with E-state index in [-0.39, 0.29) is 0 Å². The third-order valence-corrected chi connectivity index (χ3v) is 2.60. The second-order valence-corrected chi connectivity index (χ2v) is 4.55. The van der Waals surface area contributed by atoms with Gasteiger partial charge in [-0.1, -0.05) is 0 Å². The molecule has 5 heteroatoms. The maximum absolute atomic E-state index is 5.71. The number of ether oxygens (including phenoxy) is 1. The molecule has 0 fully saturated rings. The minimum Gasteiger partial charge on any atom is -0.424 e. The Balaban J connectivity index is 2.20. The largest absolute Gasteiger partial charge is 0.424 e. The number of benzene rings is 1. The summed E-state index contributed by atoms with van der Waals surface area (Å²) in [6, 6.07) is 5.79. The number of nitrogen functional groups attached to an aromatic ring is 1. The Labute approximate surface area is 107 Å². The average molecular weight is 327 g/mol. The summed E-state index contributed by atoms with van der Waals surface area (Å²) in [6.45, 7) is 1.93. The summed E-state index contributed by atoms with van der Waals surface area (Å²) in [5, 5.41) is 0. The Morgan fingerprint density at radius 1 is 1.25 bits per heavy atom. The number of halogens is 1. The Bertz CT molecular complexity index is 499. The second-order valence-electron chi connectivity index (χ2n) is 3.30. The minimum atomic E-state index is 0.338. The van der Waals surface area contributed by atoms with Crippen molar-refractivity contribution in [1.29, 1.82) is 0 Å². The second kappa shape index (κ2) is 4.65. The van der Waals surface area contributed by atoms with Gasteiger partial charge in [0.05, 0.1) is 0 Å². The molecule has 0 bridgehead atoms. The van der Waals surface area contributed by atoms with Crippen molar-refractivity contribution >= 4 is 28.3 Å². The van der Waals surface area contributed by atoms with E-state index in [0.29, 0.717) is 11.8 Å². The van der Waals surface area contributed by atoms with E-state index < -0.39 is 0 Å².